The van der Waals surface area contributed by atoms with Gasteiger partial charge >= 0.3 is 0 Å². The van der Waals surface area contributed by atoms with Crippen molar-refractivity contribution in [3.8, 4) is 0 Å². The van der Waals surface area contributed by atoms with Gasteiger partial charge in [-0.3, -0.25) is 9.59 Å². The van der Waals surface area contributed by atoms with Crippen LogP contribution in [0.2, 0.25) is 0 Å². The van der Waals surface area contributed by atoms with E-state index in [0.717, 1.165) is 38.0 Å². The summed E-state index contributed by atoms with van der Waals surface area (Å²) in [6, 6.07) is 1.75. The molecule has 2 saturated heterocycles. The highest BCUT2D eigenvalue weighted by Gasteiger charge is 2.24. The van der Waals surface area contributed by atoms with Crippen LogP contribution in [0.15, 0.2) is 6.07 Å². The number of anilines is 1. The molecule has 0 N–H and O–H groups in total. The number of piperidine rings is 1. The van der Waals surface area contributed by atoms with E-state index < -0.39 is 0 Å². The monoisotopic (exact) mass is 317 g/mol. The van der Waals surface area contributed by atoms with E-state index >= 15 is 0 Å². The summed E-state index contributed by atoms with van der Waals surface area (Å²) in [7, 11) is 0. The number of hydrogen-bond acceptors (Lipinski definition) is 5. The molecule has 3 rings (SSSR count). The Kier molecular flexibility index (Phi) is 4.73. The number of rotatable bonds is 3. The molecule has 2 fully saturated rings. The van der Waals surface area contributed by atoms with E-state index in [1.807, 2.05) is 6.92 Å². The highest BCUT2D eigenvalue weighted by atomic mass is 16.2. The maximum absolute atomic E-state index is 12.7. The fourth-order valence-electron chi connectivity index (χ4n) is 3.09. The Labute approximate surface area is 136 Å². The second kappa shape index (κ2) is 6.93. The quantitative estimate of drug-likeness (QED) is 0.767. The third kappa shape index (κ3) is 3.60. The first-order valence-electron chi connectivity index (χ1n) is 8.26. The van der Waals surface area contributed by atoms with Crippen LogP contribution in [0, 0.1) is 6.92 Å². The third-order valence-electron chi connectivity index (χ3n) is 4.45. The van der Waals surface area contributed by atoms with Crippen molar-refractivity contribution in [3.63, 3.8) is 0 Å². The van der Waals surface area contributed by atoms with Crippen molar-refractivity contribution in [2.45, 2.75) is 26.2 Å². The van der Waals surface area contributed by atoms with E-state index in [0.29, 0.717) is 37.8 Å². The molecule has 7 nitrogen and oxygen atoms in total. The van der Waals surface area contributed by atoms with Crippen LogP contribution in [0.25, 0.3) is 0 Å². The number of nitrogens with zero attached hydrogens (tertiary/aromatic N) is 5. The van der Waals surface area contributed by atoms with Gasteiger partial charge in [0.1, 0.15) is 5.69 Å². The van der Waals surface area contributed by atoms with Crippen LogP contribution in [-0.4, -0.2) is 71.4 Å². The number of piperazine rings is 1. The number of aryl methyl sites for hydroxylation is 1. The lowest BCUT2D eigenvalue weighted by atomic mass is 10.1. The molecule has 0 saturated carbocycles. The average molecular weight is 317 g/mol. The minimum Gasteiger partial charge on any atom is -0.342 e. The molecule has 3 heterocycles. The van der Waals surface area contributed by atoms with Gasteiger partial charge in [0.25, 0.3) is 5.91 Å². The normalized spacial score (nSPS) is 18.9. The summed E-state index contributed by atoms with van der Waals surface area (Å²) in [6.07, 6.45) is 4.38. The average Bonchev–Trinajstić information content (AvgIpc) is 2.61. The number of carbonyl (C=O) groups is 2. The molecule has 124 valence electrons. The maximum Gasteiger partial charge on any atom is 0.272 e. The van der Waals surface area contributed by atoms with Gasteiger partial charge in [-0.25, -0.2) is 9.97 Å². The van der Waals surface area contributed by atoms with Crippen LogP contribution in [0.4, 0.5) is 5.95 Å². The predicted octanol–water partition coefficient (Wildman–Crippen LogP) is 0.690. The first kappa shape index (κ1) is 15.7. The van der Waals surface area contributed by atoms with Crippen molar-refractivity contribution in [3.05, 3.63) is 17.5 Å². The van der Waals surface area contributed by atoms with Gasteiger partial charge in [-0.1, -0.05) is 0 Å². The SMILES string of the molecule is Cc1cc(C(=O)N2CCN(C=O)CC2)nc(N2CCCCC2)n1. The lowest BCUT2D eigenvalue weighted by molar-refractivity contribution is -0.119. The van der Waals surface area contributed by atoms with Crippen LogP contribution in [0.3, 0.4) is 0 Å². The van der Waals surface area contributed by atoms with Gasteiger partial charge in [0, 0.05) is 45.0 Å². The Bertz CT molecular complexity index is 578. The highest BCUT2D eigenvalue weighted by Crippen LogP contribution is 2.17. The summed E-state index contributed by atoms with van der Waals surface area (Å²) in [5.41, 5.74) is 1.27. The molecular weight excluding hydrogens is 294 g/mol. The van der Waals surface area contributed by atoms with Gasteiger partial charge in [0.2, 0.25) is 12.4 Å². The Balaban J connectivity index is 1.75. The summed E-state index contributed by atoms with van der Waals surface area (Å²) in [4.78, 5) is 38.1. The summed E-state index contributed by atoms with van der Waals surface area (Å²) < 4.78 is 0. The summed E-state index contributed by atoms with van der Waals surface area (Å²) >= 11 is 0. The summed E-state index contributed by atoms with van der Waals surface area (Å²) in [5, 5.41) is 0. The minimum atomic E-state index is -0.0701. The Morgan fingerprint density at radius 1 is 1.04 bits per heavy atom. The van der Waals surface area contributed by atoms with Gasteiger partial charge < -0.3 is 14.7 Å². The zero-order valence-electron chi connectivity index (χ0n) is 13.6. The van der Waals surface area contributed by atoms with Crippen molar-refractivity contribution in [1.82, 2.24) is 19.8 Å². The van der Waals surface area contributed by atoms with Gasteiger partial charge in [-0.2, -0.15) is 0 Å². The van der Waals surface area contributed by atoms with E-state index in [9.17, 15) is 9.59 Å². The fourth-order valence-corrected chi connectivity index (χ4v) is 3.09. The predicted molar refractivity (Wildman–Crippen MR) is 86.4 cm³/mol. The molecule has 2 aliphatic heterocycles. The zero-order chi connectivity index (χ0) is 16.2. The van der Waals surface area contributed by atoms with Crippen LogP contribution >= 0.6 is 0 Å². The first-order chi connectivity index (χ1) is 11.2. The molecule has 0 aliphatic carbocycles. The summed E-state index contributed by atoms with van der Waals surface area (Å²) in [5.74, 6) is 0.596. The molecule has 1 aromatic rings. The maximum atomic E-state index is 12.7. The van der Waals surface area contributed by atoms with Crippen molar-refractivity contribution in [2.75, 3.05) is 44.2 Å². The first-order valence-corrected chi connectivity index (χ1v) is 8.26. The second-order valence-corrected chi connectivity index (χ2v) is 6.18. The topological polar surface area (TPSA) is 69.6 Å². The molecule has 0 unspecified atom stereocenters. The number of hydrogen-bond donors (Lipinski definition) is 0. The Morgan fingerprint density at radius 2 is 1.74 bits per heavy atom. The molecule has 0 bridgehead atoms. The summed E-state index contributed by atoms with van der Waals surface area (Å²) in [6.45, 7) is 6.08. The lowest BCUT2D eigenvalue weighted by Gasteiger charge is -2.32. The number of amides is 2. The minimum absolute atomic E-state index is 0.0701. The molecule has 0 spiro atoms. The standard InChI is InChI=1S/C16H23N5O2/c1-13-11-14(15(23)20-9-7-19(12-22)8-10-20)18-16(17-13)21-5-3-2-4-6-21/h11-12H,2-10H2,1H3. The van der Waals surface area contributed by atoms with Crippen LogP contribution in [-0.2, 0) is 4.79 Å². The van der Waals surface area contributed by atoms with Crippen molar-refractivity contribution < 1.29 is 9.59 Å². The molecule has 2 aliphatic rings. The molecule has 0 atom stereocenters. The van der Waals surface area contributed by atoms with Crippen LogP contribution in [0.5, 0.6) is 0 Å². The van der Waals surface area contributed by atoms with E-state index in [1.54, 1.807) is 15.9 Å². The van der Waals surface area contributed by atoms with Crippen molar-refractivity contribution >= 4 is 18.3 Å². The number of aromatic nitrogens is 2. The third-order valence-corrected chi connectivity index (χ3v) is 4.45. The van der Waals surface area contributed by atoms with E-state index in [4.69, 9.17) is 0 Å². The van der Waals surface area contributed by atoms with Gasteiger partial charge in [-0.05, 0) is 32.3 Å². The molecule has 23 heavy (non-hydrogen) atoms. The Morgan fingerprint density at radius 3 is 2.39 bits per heavy atom. The highest BCUT2D eigenvalue weighted by molar-refractivity contribution is 5.92. The molecular formula is C16H23N5O2. The molecule has 7 heteroatoms. The zero-order valence-corrected chi connectivity index (χ0v) is 13.6. The van der Waals surface area contributed by atoms with Gasteiger partial charge in [-0.15, -0.1) is 0 Å². The Hall–Kier alpha value is -2.18. The van der Waals surface area contributed by atoms with Crippen LogP contribution in [0.1, 0.15) is 35.4 Å². The molecule has 0 aromatic carbocycles. The molecule has 1 aromatic heterocycles. The van der Waals surface area contributed by atoms with Gasteiger partial charge in [0.15, 0.2) is 0 Å². The van der Waals surface area contributed by atoms with Crippen molar-refractivity contribution in [1.29, 1.82) is 0 Å². The van der Waals surface area contributed by atoms with Gasteiger partial charge in [0.05, 0.1) is 0 Å². The van der Waals surface area contributed by atoms with Crippen molar-refractivity contribution in [2.24, 2.45) is 0 Å². The molecule has 0 radical (unpaired) electrons. The van der Waals surface area contributed by atoms with E-state index in [2.05, 4.69) is 14.9 Å². The molecule has 2 amide bonds. The fraction of sp³-hybridized carbons (Fsp3) is 0.625. The smallest absolute Gasteiger partial charge is 0.272 e. The largest absolute Gasteiger partial charge is 0.342 e. The van der Waals surface area contributed by atoms with E-state index in [-0.39, 0.29) is 5.91 Å². The lowest BCUT2D eigenvalue weighted by Crippen LogP contribution is -2.48. The van der Waals surface area contributed by atoms with E-state index in [1.165, 1.54) is 6.42 Å². The van der Waals surface area contributed by atoms with Crippen LogP contribution < -0.4 is 4.90 Å². The second-order valence-electron chi connectivity index (χ2n) is 6.18. The number of carbonyl (C=O) groups excluding carboxylic acids is 2.